The average Bonchev–Trinajstić information content (AvgIpc) is 3.00. The van der Waals surface area contributed by atoms with Gasteiger partial charge in [0.1, 0.15) is 0 Å². The van der Waals surface area contributed by atoms with Crippen LogP contribution in [0.15, 0.2) is 48.5 Å². The fourth-order valence-electron chi connectivity index (χ4n) is 3.08. The van der Waals surface area contributed by atoms with Crippen molar-refractivity contribution in [2.75, 3.05) is 0 Å². The molecule has 0 saturated heterocycles. The maximum atomic E-state index is 13.9. The Labute approximate surface area is 178 Å². The number of fused-ring (bicyclic) bond motifs is 1. The molecule has 0 N–H and O–H groups in total. The van der Waals surface area contributed by atoms with E-state index >= 15 is 0 Å². The zero-order valence-electron chi connectivity index (χ0n) is 14.7. The summed E-state index contributed by atoms with van der Waals surface area (Å²) in [6.45, 7) is 1.51. The number of hydrogen-bond acceptors (Lipinski definition) is 2. The van der Waals surface area contributed by atoms with E-state index in [1.807, 2.05) is 0 Å². The summed E-state index contributed by atoms with van der Waals surface area (Å²) in [5, 5.41) is 5.28. The summed E-state index contributed by atoms with van der Waals surface area (Å²) >= 11 is 17.9. The van der Waals surface area contributed by atoms with E-state index in [0.717, 1.165) is 6.07 Å². The number of halogens is 6. The van der Waals surface area contributed by atoms with Gasteiger partial charge in [0, 0.05) is 10.6 Å². The maximum Gasteiger partial charge on any atom is 0.417 e. The minimum Gasteiger partial charge on any atom is -0.228 e. The summed E-state index contributed by atoms with van der Waals surface area (Å²) in [7, 11) is 0. The van der Waals surface area contributed by atoms with E-state index < -0.39 is 11.7 Å². The van der Waals surface area contributed by atoms with Gasteiger partial charge in [0.25, 0.3) is 0 Å². The second kappa shape index (κ2) is 7.20. The van der Waals surface area contributed by atoms with E-state index in [1.165, 1.54) is 17.7 Å². The number of aryl methyl sites for hydroxylation is 1. The smallest absolute Gasteiger partial charge is 0.228 e. The molecule has 4 aromatic rings. The molecule has 0 spiro atoms. The lowest BCUT2D eigenvalue weighted by Crippen LogP contribution is -2.08. The van der Waals surface area contributed by atoms with Crippen LogP contribution in [0.25, 0.3) is 28.0 Å². The van der Waals surface area contributed by atoms with Gasteiger partial charge in [0.2, 0.25) is 0 Å². The third-order valence-corrected chi connectivity index (χ3v) is 5.40. The van der Waals surface area contributed by atoms with Crippen LogP contribution in [0.1, 0.15) is 11.3 Å². The summed E-state index contributed by atoms with van der Waals surface area (Å²) in [4.78, 5) is 4.48. The second-order valence-corrected chi connectivity index (χ2v) is 7.60. The number of alkyl halides is 3. The summed E-state index contributed by atoms with van der Waals surface area (Å²) in [5.74, 6) is 0. The van der Waals surface area contributed by atoms with Gasteiger partial charge < -0.3 is 0 Å². The van der Waals surface area contributed by atoms with Gasteiger partial charge >= 0.3 is 6.18 Å². The van der Waals surface area contributed by atoms with E-state index in [9.17, 15) is 13.2 Å². The molecule has 0 aliphatic rings. The van der Waals surface area contributed by atoms with E-state index in [4.69, 9.17) is 34.8 Å². The van der Waals surface area contributed by atoms with Crippen LogP contribution in [-0.2, 0) is 6.18 Å². The zero-order chi connectivity index (χ0) is 20.9. The molecule has 2 aromatic carbocycles. The predicted molar refractivity (Wildman–Crippen MR) is 109 cm³/mol. The molecule has 0 atom stereocenters. The topological polar surface area (TPSA) is 30.7 Å². The molecular weight excluding hydrogens is 446 g/mol. The summed E-state index contributed by atoms with van der Waals surface area (Å²) in [6, 6.07) is 12.1. The van der Waals surface area contributed by atoms with Crippen molar-refractivity contribution in [1.29, 1.82) is 0 Å². The Morgan fingerprint density at radius 1 is 0.897 bits per heavy atom. The van der Waals surface area contributed by atoms with E-state index in [-0.39, 0.29) is 27.4 Å². The second-order valence-electron chi connectivity index (χ2n) is 6.35. The molecule has 0 bridgehead atoms. The third-order valence-electron chi connectivity index (χ3n) is 4.41. The van der Waals surface area contributed by atoms with Crippen LogP contribution in [0.3, 0.4) is 0 Å². The van der Waals surface area contributed by atoms with Crippen LogP contribution < -0.4 is 0 Å². The van der Waals surface area contributed by atoms with Gasteiger partial charge in [0.15, 0.2) is 5.65 Å². The molecule has 0 aliphatic carbocycles. The number of aromatic nitrogens is 3. The Hall–Kier alpha value is -2.28. The Kier molecular flexibility index (Phi) is 4.97. The van der Waals surface area contributed by atoms with Crippen LogP contribution in [0.2, 0.25) is 15.1 Å². The van der Waals surface area contributed by atoms with Crippen molar-refractivity contribution < 1.29 is 13.2 Å². The molecule has 2 heterocycles. The first-order valence-electron chi connectivity index (χ1n) is 8.34. The summed E-state index contributed by atoms with van der Waals surface area (Å²) in [5.41, 5.74) is 0.570. The molecule has 0 aliphatic heterocycles. The highest BCUT2D eigenvalue weighted by Crippen LogP contribution is 2.39. The minimum atomic E-state index is -4.58. The molecular formula is C20H11Cl3F3N3. The van der Waals surface area contributed by atoms with Crippen molar-refractivity contribution in [3.05, 3.63) is 74.9 Å². The SMILES string of the molecule is Cc1nn(-c2ccc(Cl)c(Cl)c2)c2nc(-c3ccc(Cl)cc3)cc(C(F)(F)F)c12. The fraction of sp³-hybridized carbons (Fsp3) is 0.100. The lowest BCUT2D eigenvalue weighted by molar-refractivity contribution is -0.136. The lowest BCUT2D eigenvalue weighted by Gasteiger charge is -2.12. The Bertz CT molecular complexity index is 1230. The average molecular weight is 457 g/mol. The van der Waals surface area contributed by atoms with Crippen LogP contribution in [0, 0.1) is 6.92 Å². The molecule has 3 nitrogen and oxygen atoms in total. The van der Waals surface area contributed by atoms with Crippen molar-refractivity contribution in [3.63, 3.8) is 0 Å². The molecule has 0 amide bonds. The van der Waals surface area contributed by atoms with Crippen LogP contribution in [-0.4, -0.2) is 14.8 Å². The quantitative estimate of drug-likeness (QED) is 0.315. The molecule has 4 rings (SSSR count). The molecule has 2 aromatic heterocycles. The zero-order valence-corrected chi connectivity index (χ0v) is 17.0. The van der Waals surface area contributed by atoms with Crippen molar-refractivity contribution in [3.8, 4) is 16.9 Å². The summed E-state index contributed by atoms with van der Waals surface area (Å²) in [6.07, 6.45) is -4.58. The molecule has 148 valence electrons. The highest BCUT2D eigenvalue weighted by atomic mass is 35.5. The minimum absolute atomic E-state index is 0.0683. The van der Waals surface area contributed by atoms with Crippen molar-refractivity contribution >= 4 is 45.8 Å². The highest BCUT2D eigenvalue weighted by Gasteiger charge is 2.35. The number of hydrogen-bond donors (Lipinski definition) is 0. The van der Waals surface area contributed by atoms with Crippen LogP contribution in [0.4, 0.5) is 13.2 Å². The predicted octanol–water partition coefficient (Wildman–Crippen LogP) is 7.37. The number of pyridine rings is 1. The Balaban J connectivity index is 2.05. The molecule has 9 heteroatoms. The number of benzene rings is 2. The van der Waals surface area contributed by atoms with Gasteiger partial charge in [0.05, 0.1) is 38.1 Å². The van der Waals surface area contributed by atoms with Gasteiger partial charge in [-0.2, -0.15) is 18.3 Å². The van der Waals surface area contributed by atoms with Crippen molar-refractivity contribution in [2.45, 2.75) is 13.1 Å². The molecule has 0 fully saturated rings. The largest absolute Gasteiger partial charge is 0.417 e. The molecule has 0 radical (unpaired) electrons. The lowest BCUT2D eigenvalue weighted by atomic mass is 10.1. The van der Waals surface area contributed by atoms with Gasteiger partial charge in [-0.15, -0.1) is 0 Å². The Morgan fingerprint density at radius 2 is 1.59 bits per heavy atom. The highest BCUT2D eigenvalue weighted by molar-refractivity contribution is 6.42. The third kappa shape index (κ3) is 3.68. The van der Waals surface area contributed by atoms with E-state index in [2.05, 4.69) is 10.1 Å². The maximum absolute atomic E-state index is 13.9. The van der Waals surface area contributed by atoms with Crippen molar-refractivity contribution in [1.82, 2.24) is 14.8 Å². The number of rotatable bonds is 2. The molecule has 0 unspecified atom stereocenters. The fourth-order valence-corrected chi connectivity index (χ4v) is 3.50. The molecule has 0 saturated carbocycles. The van der Waals surface area contributed by atoms with Crippen molar-refractivity contribution in [2.24, 2.45) is 0 Å². The first-order valence-corrected chi connectivity index (χ1v) is 9.47. The standard InChI is InChI=1S/C20H11Cl3F3N3/c1-10-18-14(20(24,25)26)9-17(11-2-4-12(21)5-3-11)27-19(18)29(28-10)13-6-7-15(22)16(23)8-13/h2-9H,1H3. The normalized spacial score (nSPS) is 12.0. The molecule has 29 heavy (non-hydrogen) atoms. The van der Waals surface area contributed by atoms with E-state index in [1.54, 1.807) is 36.4 Å². The number of nitrogens with zero attached hydrogens (tertiary/aromatic N) is 3. The van der Waals surface area contributed by atoms with E-state index in [0.29, 0.717) is 21.3 Å². The first-order chi connectivity index (χ1) is 13.6. The Morgan fingerprint density at radius 3 is 2.21 bits per heavy atom. The van der Waals surface area contributed by atoms with Gasteiger partial charge in [-0.25, -0.2) is 9.67 Å². The summed E-state index contributed by atoms with van der Waals surface area (Å²) < 4.78 is 42.9. The van der Waals surface area contributed by atoms with Crippen LogP contribution >= 0.6 is 34.8 Å². The van der Waals surface area contributed by atoms with Gasteiger partial charge in [-0.05, 0) is 43.3 Å². The van der Waals surface area contributed by atoms with Gasteiger partial charge in [-0.1, -0.05) is 46.9 Å². The van der Waals surface area contributed by atoms with Crippen LogP contribution in [0.5, 0.6) is 0 Å². The van der Waals surface area contributed by atoms with Gasteiger partial charge in [-0.3, -0.25) is 0 Å². The monoisotopic (exact) mass is 455 g/mol. The first kappa shape index (κ1) is 20.0.